The van der Waals surface area contributed by atoms with Gasteiger partial charge in [0.15, 0.2) is 0 Å². The van der Waals surface area contributed by atoms with E-state index in [1.165, 1.54) is 18.2 Å². The van der Waals surface area contributed by atoms with Crippen molar-refractivity contribution in [2.75, 3.05) is 10.6 Å². The van der Waals surface area contributed by atoms with E-state index in [1.54, 1.807) is 31.2 Å². The number of hydrogen-bond donors (Lipinski definition) is 3. The monoisotopic (exact) mass is 391 g/mol. The lowest BCUT2D eigenvalue weighted by Crippen LogP contribution is -2.32. The summed E-state index contributed by atoms with van der Waals surface area (Å²) in [6.07, 6.45) is -2.57. The summed E-state index contributed by atoms with van der Waals surface area (Å²) in [5.41, 5.74) is -0.106. The van der Waals surface area contributed by atoms with Gasteiger partial charge < -0.3 is 16.0 Å². The SMILES string of the molecule is CC(Nc1ccc(C(=O)NC2CC2)cc1)C(=O)Nc1ccccc1C(F)(F)F. The molecule has 148 valence electrons. The molecule has 0 bridgehead atoms. The van der Waals surface area contributed by atoms with Crippen LogP contribution in [0.1, 0.15) is 35.7 Å². The van der Waals surface area contributed by atoms with Crippen LogP contribution in [-0.4, -0.2) is 23.9 Å². The van der Waals surface area contributed by atoms with Gasteiger partial charge in [0.2, 0.25) is 5.91 Å². The lowest BCUT2D eigenvalue weighted by molar-refractivity contribution is -0.137. The second-order valence-electron chi connectivity index (χ2n) is 6.72. The fourth-order valence-corrected chi connectivity index (χ4v) is 2.61. The molecule has 0 aliphatic heterocycles. The minimum Gasteiger partial charge on any atom is -0.374 e. The maximum atomic E-state index is 13.0. The van der Waals surface area contributed by atoms with Crippen molar-refractivity contribution in [2.45, 2.75) is 38.0 Å². The number of carbonyl (C=O) groups excluding carboxylic acids is 2. The third-order valence-electron chi connectivity index (χ3n) is 4.33. The number of para-hydroxylation sites is 1. The number of anilines is 2. The third-order valence-corrected chi connectivity index (χ3v) is 4.33. The van der Waals surface area contributed by atoms with Crippen LogP contribution in [0.2, 0.25) is 0 Å². The predicted octanol–water partition coefficient (Wildman–Crippen LogP) is 4.04. The van der Waals surface area contributed by atoms with Crippen molar-refractivity contribution >= 4 is 23.2 Å². The van der Waals surface area contributed by atoms with Crippen LogP contribution in [0.15, 0.2) is 48.5 Å². The average molecular weight is 391 g/mol. The zero-order valence-corrected chi connectivity index (χ0v) is 15.1. The Kier molecular flexibility index (Phi) is 5.58. The van der Waals surface area contributed by atoms with E-state index in [1.807, 2.05) is 0 Å². The first-order valence-corrected chi connectivity index (χ1v) is 8.88. The summed E-state index contributed by atoms with van der Waals surface area (Å²) in [5.74, 6) is -0.754. The van der Waals surface area contributed by atoms with Crippen molar-refractivity contribution < 1.29 is 22.8 Å². The van der Waals surface area contributed by atoms with Gasteiger partial charge in [-0.1, -0.05) is 12.1 Å². The number of alkyl halides is 3. The van der Waals surface area contributed by atoms with Gasteiger partial charge in [-0.25, -0.2) is 0 Å². The van der Waals surface area contributed by atoms with Crippen molar-refractivity contribution in [1.82, 2.24) is 5.32 Å². The van der Waals surface area contributed by atoms with Gasteiger partial charge in [0, 0.05) is 17.3 Å². The van der Waals surface area contributed by atoms with Gasteiger partial charge >= 0.3 is 6.18 Å². The van der Waals surface area contributed by atoms with Crippen LogP contribution in [-0.2, 0) is 11.0 Å². The van der Waals surface area contributed by atoms with Crippen molar-refractivity contribution in [3.63, 3.8) is 0 Å². The maximum Gasteiger partial charge on any atom is 0.418 e. The molecule has 28 heavy (non-hydrogen) atoms. The van der Waals surface area contributed by atoms with E-state index in [4.69, 9.17) is 0 Å². The standard InChI is InChI=1S/C20H20F3N3O2/c1-12(18(27)26-17-5-3-2-4-16(17)20(21,22)23)24-14-8-6-13(7-9-14)19(28)25-15-10-11-15/h2-9,12,15,24H,10-11H2,1H3,(H,25,28)(H,26,27). The third kappa shape index (κ3) is 5.03. The Balaban J connectivity index is 1.61. The predicted molar refractivity (Wildman–Crippen MR) is 100 cm³/mol. The summed E-state index contributed by atoms with van der Waals surface area (Å²) in [7, 11) is 0. The molecule has 5 nitrogen and oxygen atoms in total. The number of benzene rings is 2. The van der Waals surface area contributed by atoms with Crippen molar-refractivity contribution in [2.24, 2.45) is 0 Å². The van der Waals surface area contributed by atoms with Gasteiger partial charge in [0.05, 0.1) is 11.3 Å². The molecule has 1 fully saturated rings. The highest BCUT2D eigenvalue weighted by Gasteiger charge is 2.33. The molecule has 1 saturated carbocycles. The first-order valence-electron chi connectivity index (χ1n) is 8.88. The van der Waals surface area contributed by atoms with Crippen LogP contribution in [0.4, 0.5) is 24.5 Å². The summed E-state index contributed by atoms with van der Waals surface area (Å²) in [6, 6.07) is 10.8. The van der Waals surface area contributed by atoms with Crippen LogP contribution < -0.4 is 16.0 Å². The zero-order valence-electron chi connectivity index (χ0n) is 15.1. The molecule has 2 amide bonds. The maximum absolute atomic E-state index is 13.0. The van der Waals surface area contributed by atoms with Crippen LogP contribution in [0.3, 0.4) is 0 Å². The second-order valence-corrected chi connectivity index (χ2v) is 6.72. The number of nitrogens with one attached hydrogen (secondary N) is 3. The summed E-state index contributed by atoms with van der Waals surface area (Å²) >= 11 is 0. The molecular formula is C20H20F3N3O2. The van der Waals surface area contributed by atoms with Crippen LogP contribution in [0, 0.1) is 0 Å². The second kappa shape index (κ2) is 7.92. The Labute approximate surface area is 160 Å². The van der Waals surface area contributed by atoms with Gasteiger partial charge in [-0.15, -0.1) is 0 Å². The normalized spacial score (nSPS) is 14.9. The highest BCUT2D eigenvalue weighted by atomic mass is 19.4. The molecule has 1 aliphatic carbocycles. The first kappa shape index (κ1) is 19.7. The average Bonchev–Trinajstić information content (AvgIpc) is 3.45. The fourth-order valence-electron chi connectivity index (χ4n) is 2.61. The summed E-state index contributed by atoms with van der Waals surface area (Å²) in [5, 5.41) is 8.10. The Bertz CT molecular complexity index is 862. The van der Waals surface area contributed by atoms with Gasteiger partial charge in [-0.2, -0.15) is 13.2 Å². The van der Waals surface area contributed by atoms with Gasteiger partial charge in [0.1, 0.15) is 6.04 Å². The number of hydrogen-bond acceptors (Lipinski definition) is 3. The van der Waals surface area contributed by atoms with Gasteiger partial charge in [-0.05, 0) is 56.2 Å². The fraction of sp³-hybridized carbons (Fsp3) is 0.300. The molecule has 1 aliphatic rings. The number of rotatable bonds is 6. The molecule has 3 N–H and O–H groups in total. The van der Waals surface area contributed by atoms with E-state index in [0.29, 0.717) is 11.3 Å². The highest BCUT2D eigenvalue weighted by Crippen LogP contribution is 2.34. The summed E-state index contributed by atoms with van der Waals surface area (Å²) in [6.45, 7) is 1.54. The molecular weight excluding hydrogens is 371 g/mol. The molecule has 0 aromatic heterocycles. The molecule has 0 heterocycles. The number of halogens is 3. The van der Waals surface area contributed by atoms with Crippen LogP contribution in [0.25, 0.3) is 0 Å². The smallest absolute Gasteiger partial charge is 0.374 e. The molecule has 0 spiro atoms. The van der Waals surface area contributed by atoms with Crippen LogP contribution >= 0.6 is 0 Å². The first-order chi connectivity index (χ1) is 13.2. The van der Waals surface area contributed by atoms with E-state index < -0.39 is 23.7 Å². The van der Waals surface area contributed by atoms with E-state index in [-0.39, 0.29) is 17.6 Å². The Hall–Kier alpha value is -3.03. The Morgan fingerprint density at radius 3 is 2.29 bits per heavy atom. The zero-order chi connectivity index (χ0) is 20.3. The van der Waals surface area contributed by atoms with E-state index in [2.05, 4.69) is 16.0 Å². The number of carbonyl (C=O) groups is 2. The minimum absolute atomic E-state index is 0.149. The molecule has 0 saturated heterocycles. The molecule has 0 radical (unpaired) electrons. The Morgan fingerprint density at radius 2 is 1.68 bits per heavy atom. The van der Waals surface area contributed by atoms with Crippen molar-refractivity contribution in [3.8, 4) is 0 Å². The van der Waals surface area contributed by atoms with Crippen molar-refractivity contribution in [1.29, 1.82) is 0 Å². The number of amides is 2. The highest BCUT2D eigenvalue weighted by molar-refractivity contribution is 5.97. The molecule has 2 aromatic carbocycles. The van der Waals surface area contributed by atoms with E-state index >= 15 is 0 Å². The summed E-state index contributed by atoms with van der Waals surface area (Å²) in [4.78, 5) is 24.3. The lowest BCUT2D eigenvalue weighted by Gasteiger charge is -2.18. The molecule has 2 aromatic rings. The van der Waals surface area contributed by atoms with E-state index in [9.17, 15) is 22.8 Å². The topological polar surface area (TPSA) is 70.2 Å². The van der Waals surface area contributed by atoms with Gasteiger partial charge in [0.25, 0.3) is 5.91 Å². The quantitative estimate of drug-likeness (QED) is 0.696. The molecule has 1 atom stereocenters. The summed E-state index contributed by atoms with van der Waals surface area (Å²) < 4.78 is 39.1. The molecule has 8 heteroatoms. The molecule has 3 rings (SSSR count). The van der Waals surface area contributed by atoms with E-state index in [0.717, 1.165) is 18.9 Å². The van der Waals surface area contributed by atoms with Gasteiger partial charge in [-0.3, -0.25) is 9.59 Å². The minimum atomic E-state index is -4.56. The Morgan fingerprint density at radius 1 is 1.04 bits per heavy atom. The lowest BCUT2D eigenvalue weighted by atomic mass is 10.1. The van der Waals surface area contributed by atoms with Crippen LogP contribution in [0.5, 0.6) is 0 Å². The molecule has 1 unspecified atom stereocenters. The largest absolute Gasteiger partial charge is 0.418 e. The van der Waals surface area contributed by atoms with Crippen molar-refractivity contribution in [3.05, 3.63) is 59.7 Å².